The topological polar surface area (TPSA) is 97.1 Å². The molecule has 1 aromatic heterocycles. The molecule has 24 heavy (non-hydrogen) atoms. The van der Waals surface area contributed by atoms with E-state index in [1.54, 1.807) is 0 Å². The molecule has 0 bridgehead atoms. The van der Waals surface area contributed by atoms with E-state index in [0.717, 1.165) is 38.5 Å². The lowest BCUT2D eigenvalue weighted by Crippen LogP contribution is -2.45. The van der Waals surface area contributed by atoms with E-state index in [9.17, 15) is 9.59 Å². The zero-order valence-electron chi connectivity index (χ0n) is 14.1. The summed E-state index contributed by atoms with van der Waals surface area (Å²) in [5.41, 5.74) is -0.560. The molecule has 0 radical (unpaired) electrons. The molecular formula is C17H24N4O3. The smallest absolute Gasteiger partial charge is 0.227 e. The Labute approximate surface area is 142 Å². The van der Waals surface area contributed by atoms with Gasteiger partial charge < -0.3 is 15.2 Å². The number of amides is 2. The van der Waals surface area contributed by atoms with Gasteiger partial charge in [-0.15, -0.1) is 6.42 Å². The zero-order chi connectivity index (χ0) is 17.4. The Morgan fingerprint density at radius 3 is 2.62 bits per heavy atom. The molecule has 0 atom stereocenters. The highest BCUT2D eigenvalue weighted by atomic mass is 16.5. The fourth-order valence-electron chi connectivity index (χ4n) is 3.08. The maximum absolute atomic E-state index is 11.7. The lowest BCUT2D eigenvalue weighted by atomic mass is 9.89. The normalized spacial score (nSPS) is 16.7. The van der Waals surface area contributed by atoms with Crippen molar-refractivity contribution in [2.45, 2.75) is 63.8 Å². The lowest BCUT2D eigenvalue weighted by Gasteiger charge is -2.30. The molecule has 1 aliphatic carbocycles. The Bertz CT molecular complexity index is 610. The Morgan fingerprint density at radius 1 is 1.29 bits per heavy atom. The van der Waals surface area contributed by atoms with Crippen LogP contribution in [0.4, 0.5) is 0 Å². The molecule has 7 nitrogen and oxygen atoms in total. The molecule has 0 spiro atoms. The number of nitrogens with zero attached hydrogens (tertiary/aromatic N) is 2. The predicted octanol–water partition coefficient (Wildman–Crippen LogP) is 1.44. The van der Waals surface area contributed by atoms with Crippen LogP contribution in [0.3, 0.4) is 0 Å². The third-order valence-corrected chi connectivity index (χ3v) is 4.22. The van der Waals surface area contributed by atoms with E-state index in [-0.39, 0.29) is 24.8 Å². The molecule has 7 heteroatoms. The van der Waals surface area contributed by atoms with Gasteiger partial charge >= 0.3 is 0 Å². The average Bonchev–Trinajstić information content (AvgIpc) is 2.91. The number of hydrogen-bond donors (Lipinski definition) is 2. The van der Waals surface area contributed by atoms with E-state index >= 15 is 0 Å². The third-order valence-electron chi connectivity index (χ3n) is 4.22. The number of rotatable bonds is 6. The van der Waals surface area contributed by atoms with Gasteiger partial charge in [0.05, 0.1) is 6.54 Å². The Hall–Kier alpha value is -2.36. The van der Waals surface area contributed by atoms with E-state index < -0.39 is 5.54 Å². The summed E-state index contributed by atoms with van der Waals surface area (Å²) in [6.07, 6.45) is 11.6. The highest BCUT2D eigenvalue weighted by Gasteiger charge is 2.38. The van der Waals surface area contributed by atoms with Crippen molar-refractivity contribution >= 4 is 11.8 Å². The summed E-state index contributed by atoms with van der Waals surface area (Å²) in [7, 11) is 0. The highest BCUT2D eigenvalue weighted by Crippen LogP contribution is 2.34. The predicted molar refractivity (Wildman–Crippen MR) is 87.7 cm³/mol. The van der Waals surface area contributed by atoms with Gasteiger partial charge in [-0.3, -0.25) is 9.59 Å². The number of nitrogens with one attached hydrogen (secondary N) is 2. The van der Waals surface area contributed by atoms with Crippen molar-refractivity contribution in [1.29, 1.82) is 0 Å². The summed E-state index contributed by atoms with van der Waals surface area (Å²) in [6.45, 7) is 1.71. The van der Waals surface area contributed by atoms with Crippen molar-refractivity contribution in [2.24, 2.45) is 0 Å². The average molecular weight is 332 g/mol. The number of aryl methyl sites for hydroxylation is 1. The maximum atomic E-state index is 11.7. The Morgan fingerprint density at radius 2 is 2.00 bits per heavy atom. The third kappa shape index (κ3) is 4.82. The monoisotopic (exact) mass is 332 g/mol. The van der Waals surface area contributed by atoms with Crippen LogP contribution in [0, 0.1) is 12.3 Å². The van der Waals surface area contributed by atoms with Crippen molar-refractivity contribution in [3.05, 3.63) is 11.7 Å². The molecule has 1 heterocycles. The van der Waals surface area contributed by atoms with Crippen molar-refractivity contribution in [2.75, 3.05) is 6.54 Å². The summed E-state index contributed by atoms with van der Waals surface area (Å²) in [4.78, 5) is 27.7. The molecule has 130 valence electrons. The first kappa shape index (κ1) is 18.0. The Balaban J connectivity index is 2.06. The van der Waals surface area contributed by atoms with Crippen LogP contribution >= 0.6 is 0 Å². The first-order valence-corrected chi connectivity index (χ1v) is 8.38. The zero-order valence-corrected chi connectivity index (χ0v) is 14.1. The molecular weight excluding hydrogens is 308 g/mol. The number of terminal acetylenes is 1. The number of hydrogen-bond acceptors (Lipinski definition) is 5. The molecule has 1 aliphatic rings. The molecule has 1 saturated carbocycles. The molecule has 2 N–H and O–H groups in total. The van der Waals surface area contributed by atoms with Gasteiger partial charge in [0.2, 0.25) is 17.7 Å². The minimum Gasteiger partial charge on any atom is -0.345 e. The van der Waals surface area contributed by atoms with Crippen LogP contribution in [-0.2, 0) is 21.5 Å². The van der Waals surface area contributed by atoms with E-state index in [1.807, 2.05) is 0 Å². The van der Waals surface area contributed by atoms with E-state index in [4.69, 9.17) is 10.9 Å². The van der Waals surface area contributed by atoms with Gasteiger partial charge in [0.25, 0.3) is 0 Å². The van der Waals surface area contributed by atoms with Crippen LogP contribution in [-0.4, -0.2) is 28.5 Å². The minimum absolute atomic E-state index is 0.100. The van der Waals surface area contributed by atoms with Crippen LogP contribution in [0.1, 0.15) is 63.6 Å². The molecule has 2 amide bonds. The molecule has 1 aromatic rings. The highest BCUT2D eigenvalue weighted by molar-refractivity contribution is 5.76. The van der Waals surface area contributed by atoms with E-state index in [0.29, 0.717) is 18.1 Å². The molecule has 2 rings (SSSR count). The van der Waals surface area contributed by atoms with Crippen molar-refractivity contribution in [3.8, 4) is 12.3 Å². The molecule has 0 aliphatic heterocycles. The summed E-state index contributed by atoms with van der Waals surface area (Å²) in [5, 5.41) is 9.71. The summed E-state index contributed by atoms with van der Waals surface area (Å²) in [5.74, 6) is 3.01. The second kappa shape index (κ2) is 8.48. The lowest BCUT2D eigenvalue weighted by molar-refractivity contribution is -0.122. The first-order chi connectivity index (χ1) is 11.6. The molecule has 0 saturated heterocycles. The van der Waals surface area contributed by atoms with Crippen LogP contribution in [0.25, 0.3) is 0 Å². The minimum atomic E-state index is -0.560. The quantitative estimate of drug-likeness (QED) is 0.607. The molecule has 1 fully saturated rings. The SMILES string of the molecule is C#CCNC(=O)CCc1nc(C2(NC(C)=O)CCCCCC2)no1. The second-order valence-electron chi connectivity index (χ2n) is 6.17. The van der Waals surface area contributed by atoms with Gasteiger partial charge in [0.1, 0.15) is 5.54 Å². The van der Waals surface area contributed by atoms with E-state index in [2.05, 4.69) is 26.7 Å². The van der Waals surface area contributed by atoms with Gasteiger partial charge in [-0.05, 0) is 12.8 Å². The summed E-state index contributed by atoms with van der Waals surface area (Å²) in [6, 6.07) is 0. The Kier molecular flexibility index (Phi) is 6.36. The van der Waals surface area contributed by atoms with Gasteiger partial charge in [-0.1, -0.05) is 36.8 Å². The van der Waals surface area contributed by atoms with Gasteiger partial charge in [-0.2, -0.15) is 4.98 Å². The summed E-state index contributed by atoms with van der Waals surface area (Å²) >= 11 is 0. The van der Waals surface area contributed by atoms with Crippen molar-refractivity contribution in [3.63, 3.8) is 0 Å². The summed E-state index contributed by atoms with van der Waals surface area (Å²) < 4.78 is 5.29. The van der Waals surface area contributed by atoms with Crippen LogP contribution in [0.15, 0.2) is 4.52 Å². The second-order valence-corrected chi connectivity index (χ2v) is 6.17. The maximum Gasteiger partial charge on any atom is 0.227 e. The molecule has 0 unspecified atom stereocenters. The van der Waals surface area contributed by atoms with Gasteiger partial charge in [-0.25, -0.2) is 0 Å². The number of carbonyl (C=O) groups excluding carboxylic acids is 2. The largest absolute Gasteiger partial charge is 0.345 e. The standard InChI is InChI=1S/C17H24N4O3/c1-3-12-18-14(23)8-9-15-19-16(21-24-15)17(20-13(2)22)10-6-4-5-7-11-17/h1H,4-12H2,2H3,(H,18,23)(H,20,22). The van der Waals surface area contributed by atoms with E-state index in [1.165, 1.54) is 6.92 Å². The number of carbonyl (C=O) groups is 2. The van der Waals surface area contributed by atoms with Crippen LogP contribution in [0.5, 0.6) is 0 Å². The van der Waals surface area contributed by atoms with Crippen LogP contribution in [0.2, 0.25) is 0 Å². The fourth-order valence-corrected chi connectivity index (χ4v) is 3.08. The van der Waals surface area contributed by atoms with Crippen LogP contribution < -0.4 is 10.6 Å². The fraction of sp³-hybridized carbons (Fsp3) is 0.647. The van der Waals surface area contributed by atoms with Crippen molar-refractivity contribution < 1.29 is 14.1 Å². The van der Waals surface area contributed by atoms with Gasteiger partial charge in [0, 0.05) is 19.8 Å². The van der Waals surface area contributed by atoms with Gasteiger partial charge in [0.15, 0.2) is 5.82 Å². The first-order valence-electron chi connectivity index (χ1n) is 8.38. The molecule has 0 aromatic carbocycles. The number of aromatic nitrogens is 2. The van der Waals surface area contributed by atoms with Crippen molar-refractivity contribution in [1.82, 2.24) is 20.8 Å².